The molecule has 0 spiro atoms. The summed E-state index contributed by atoms with van der Waals surface area (Å²) in [5.74, 6) is -0.736. The molecule has 1 aliphatic rings. The van der Waals surface area contributed by atoms with Crippen LogP contribution in [0.4, 0.5) is 4.39 Å². The summed E-state index contributed by atoms with van der Waals surface area (Å²) in [5.41, 5.74) is 4.90. The van der Waals surface area contributed by atoms with E-state index >= 15 is 0 Å². The van der Waals surface area contributed by atoms with Gasteiger partial charge in [0.25, 0.3) is 0 Å². The quantitative estimate of drug-likeness (QED) is 0.286. The van der Waals surface area contributed by atoms with Gasteiger partial charge in [-0.05, 0) is 79.3 Å². The van der Waals surface area contributed by atoms with Crippen molar-refractivity contribution >= 4 is 20.9 Å². The van der Waals surface area contributed by atoms with E-state index in [2.05, 4.69) is 29.4 Å². The van der Waals surface area contributed by atoms with Crippen LogP contribution in [0.15, 0.2) is 94.9 Å². The summed E-state index contributed by atoms with van der Waals surface area (Å²) in [7, 11) is -2.34. The molecule has 7 nitrogen and oxygen atoms in total. The number of aryl methyl sites for hydroxylation is 3. The van der Waals surface area contributed by atoms with Crippen LogP contribution in [-0.2, 0) is 28.9 Å². The van der Waals surface area contributed by atoms with Gasteiger partial charge in [-0.1, -0.05) is 36.4 Å². The lowest BCUT2D eigenvalue weighted by molar-refractivity contribution is 0.411. The molecule has 41 heavy (non-hydrogen) atoms. The van der Waals surface area contributed by atoms with Gasteiger partial charge in [0.2, 0.25) is 15.6 Å². The minimum Gasteiger partial charge on any atom is -0.316 e. The van der Waals surface area contributed by atoms with Gasteiger partial charge in [-0.25, -0.2) is 17.5 Å². The third kappa shape index (κ3) is 4.79. The number of fused-ring (bicyclic) bond motifs is 1. The van der Waals surface area contributed by atoms with Gasteiger partial charge < -0.3 is 4.57 Å². The Kier molecular flexibility index (Phi) is 6.66. The van der Waals surface area contributed by atoms with Crippen LogP contribution in [0.25, 0.3) is 16.6 Å². The highest BCUT2D eigenvalue weighted by molar-refractivity contribution is 7.89. The lowest BCUT2D eigenvalue weighted by Crippen LogP contribution is -2.37. The van der Waals surface area contributed by atoms with Crippen LogP contribution in [0.5, 0.6) is 0 Å². The summed E-state index contributed by atoms with van der Waals surface area (Å²) in [6.07, 6.45) is 4.78. The number of rotatable bonds is 6. The van der Waals surface area contributed by atoms with E-state index in [4.69, 9.17) is 0 Å². The Labute approximate surface area is 238 Å². The molecule has 9 heteroatoms. The lowest BCUT2D eigenvalue weighted by atomic mass is 9.73. The lowest BCUT2D eigenvalue weighted by Gasteiger charge is -2.32. The molecule has 0 N–H and O–H groups in total. The Morgan fingerprint density at radius 3 is 2.54 bits per heavy atom. The number of halogens is 1. The van der Waals surface area contributed by atoms with E-state index in [0.717, 1.165) is 33.3 Å². The van der Waals surface area contributed by atoms with Gasteiger partial charge in [0, 0.05) is 43.2 Å². The smallest absolute Gasteiger partial charge is 0.250 e. The summed E-state index contributed by atoms with van der Waals surface area (Å²) in [4.78, 5) is 11.6. The fraction of sp³-hybridized carbons (Fsp3) is 0.250. The van der Waals surface area contributed by atoms with Crippen molar-refractivity contribution in [2.45, 2.75) is 37.0 Å². The Morgan fingerprint density at radius 1 is 1.00 bits per heavy atom. The van der Waals surface area contributed by atoms with E-state index in [1.54, 1.807) is 43.2 Å². The summed E-state index contributed by atoms with van der Waals surface area (Å²) in [6, 6.07) is 21.7. The second-order valence-electron chi connectivity index (χ2n) is 11.1. The van der Waals surface area contributed by atoms with Crippen molar-refractivity contribution in [2.75, 3.05) is 13.1 Å². The predicted octanol–water partition coefficient (Wildman–Crippen LogP) is 5.06. The van der Waals surface area contributed by atoms with Crippen molar-refractivity contribution in [3.05, 3.63) is 124 Å². The molecule has 1 unspecified atom stereocenters. The van der Waals surface area contributed by atoms with Crippen molar-refractivity contribution in [1.82, 2.24) is 18.7 Å². The van der Waals surface area contributed by atoms with Crippen molar-refractivity contribution in [2.24, 2.45) is 7.05 Å². The van der Waals surface area contributed by atoms with Crippen molar-refractivity contribution in [1.29, 1.82) is 0 Å². The normalized spacial score (nSPS) is 17.9. The molecule has 6 rings (SSSR count). The molecule has 0 radical (unpaired) electrons. The maximum Gasteiger partial charge on any atom is 0.250 e. The predicted molar refractivity (Wildman–Crippen MR) is 157 cm³/mol. The monoisotopic (exact) mass is 570 g/mol. The summed E-state index contributed by atoms with van der Waals surface area (Å²) in [5, 5.41) is 5.53. The molecule has 2 aromatic heterocycles. The number of benzene rings is 3. The zero-order valence-electron chi connectivity index (χ0n) is 23.2. The molecular formula is C32H31FN4O3S. The molecule has 0 bridgehead atoms. The van der Waals surface area contributed by atoms with Gasteiger partial charge in [0.15, 0.2) is 0 Å². The van der Waals surface area contributed by atoms with E-state index in [1.165, 1.54) is 27.1 Å². The van der Waals surface area contributed by atoms with Crippen LogP contribution in [0.3, 0.4) is 0 Å². The number of hydrogen-bond donors (Lipinski definition) is 0. The molecule has 1 saturated heterocycles. The van der Waals surface area contributed by atoms with Gasteiger partial charge in [0.05, 0.1) is 17.4 Å². The van der Waals surface area contributed by atoms with Gasteiger partial charge in [-0.15, -0.1) is 0 Å². The third-order valence-corrected chi connectivity index (χ3v) is 10.1. The molecule has 1 fully saturated rings. The fourth-order valence-corrected chi connectivity index (χ4v) is 7.77. The minimum atomic E-state index is -4.04. The largest absolute Gasteiger partial charge is 0.316 e. The van der Waals surface area contributed by atoms with Gasteiger partial charge >= 0.3 is 0 Å². The first kappa shape index (κ1) is 27.1. The number of hydrogen-bond acceptors (Lipinski definition) is 4. The number of sulfonamides is 1. The molecule has 0 saturated carbocycles. The molecule has 210 valence electrons. The van der Waals surface area contributed by atoms with E-state index in [9.17, 15) is 17.6 Å². The van der Waals surface area contributed by atoms with Crippen LogP contribution < -0.4 is 5.56 Å². The highest BCUT2D eigenvalue weighted by Crippen LogP contribution is 2.43. The summed E-state index contributed by atoms with van der Waals surface area (Å²) in [6.45, 7) is 4.32. The Hall–Kier alpha value is -4.08. The first-order valence-corrected chi connectivity index (χ1v) is 15.0. The van der Waals surface area contributed by atoms with E-state index in [0.29, 0.717) is 18.4 Å². The number of aromatic nitrogens is 3. The molecular weight excluding hydrogens is 539 g/mol. The molecule has 5 aromatic rings. The van der Waals surface area contributed by atoms with E-state index < -0.39 is 21.3 Å². The summed E-state index contributed by atoms with van der Waals surface area (Å²) >= 11 is 0. The highest BCUT2D eigenvalue weighted by Gasteiger charge is 2.45. The second kappa shape index (κ2) is 10.1. The highest BCUT2D eigenvalue weighted by atomic mass is 32.2. The van der Waals surface area contributed by atoms with Gasteiger partial charge in [-0.3, -0.25) is 4.79 Å². The van der Waals surface area contributed by atoms with E-state index in [-0.39, 0.29) is 23.5 Å². The molecule has 0 aliphatic carbocycles. The van der Waals surface area contributed by atoms with Gasteiger partial charge in [0.1, 0.15) is 10.7 Å². The Morgan fingerprint density at radius 2 is 1.78 bits per heavy atom. The van der Waals surface area contributed by atoms with Crippen LogP contribution >= 0.6 is 0 Å². The molecule has 0 amide bonds. The van der Waals surface area contributed by atoms with Crippen LogP contribution in [0.1, 0.15) is 28.7 Å². The zero-order chi connectivity index (χ0) is 28.9. The summed E-state index contributed by atoms with van der Waals surface area (Å²) < 4.78 is 47.0. The number of nitrogens with zero attached hydrogens (tertiary/aromatic N) is 4. The van der Waals surface area contributed by atoms with E-state index in [1.807, 2.05) is 25.1 Å². The molecule has 3 heterocycles. The third-order valence-electron chi connectivity index (χ3n) is 8.21. The second-order valence-corrected chi connectivity index (χ2v) is 13.0. The SMILES string of the molecule is Cc1ccc(F)c(S(=O)(=O)N2CCC(Cc3ccccc3)(c3cc4cnn(-c5ccc(=O)n(C)c5)c4cc3C)C2)c1. The maximum atomic E-state index is 14.8. The molecule has 1 aliphatic heterocycles. The average Bonchev–Trinajstić information content (AvgIpc) is 3.57. The number of pyridine rings is 1. The van der Waals surface area contributed by atoms with Crippen LogP contribution in [-0.4, -0.2) is 40.2 Å². The molecule has 1 atom stereocenters. The van der Waals surface area contributed by atoms with Crippen LogP contribution in [0, 0.1) is 19.7 Å². The molecule has 3 aromatic carbocycles. The maximum absolute atomic E-state index is 14.8. The standard InChI is InChI=1S/C32H31FN4O3S/c1-22-9-11-28(33)30(15-22)41(39,40)36-14-13-32(21-36,18-24-7-5-4-6-8-24)27-17-25-19-34-37(29(25)16-23(27)2)26-10-12-31(38)35(3)20-26/h4-12,15-17,19-20H,13-14,18,21H2,1-3H3. The van der Waals surface area contributed by atoms with Crippen molar-refractivity contribution in [3.63, 3.8) is 0 Å². The Bertz CT molecular complexity index is 1950. The van der Waals surface area contributed by atoms with Crippen LogP contribution in [0.2, 0.25) is 0 Å². The van der Waals surface area contributed by atoms with Crippen molar-refractivity contribution < 1.29 is 12.8 Å². The fourth-order valence-electron chi connectivity index (χ4n) is 6.09. The topological polar surface area (TPSA) is 77.2 Å². The minimum absolute atomic E-state index is 0.0992. The van der Waals surface area contributed by atoms with Crippen molar-refractivity contribution in [3.8, 4) is 5.69 Å². The van der Waals surface area contributed by atoms with Gasteiger partial charge in [-0.2, -0.15) is 9.40 Å². The first-order valence-electron chi connectivity index (χ1n) is 13.5. The first-order chi connectivity index (χ1) is 19.6. The average molecular weight is 571 g/mol. The Balaban J connectivity index is 1.45. The zero-order valence-corrected chi connectivity index (χ0v) is 24.0.